The molecule has 0 N–H and O–H groups in total. The first kappa shape index (κ1) is 12.4. The summed E-state index contributed by atoms with van der Waals surface area (Å²) in [6.07, 6.45) is 0. The molecule has 17 heavy (non-hydrogen) atoms. The van der Waals surface area contributed by atoms with Crippen molar-refractivity contribution in [1.82, 2.24) is 9.78 Å². The largest absolute Gasteiger partial charge is 0.237 e. The molecule has 0 radical (unpaired) electrons. The van der Waals surface area contributed by atoms with E-state index in [1.807, 2.05) is 11.6 Å². The van der Waals surface area contributed by atoms with Crippen molar-refractivity contribution in [2.45, 2.75) is 33.6 Å². The molecule has 0 fully saturated rings. The topological polar surface area (TPSA) is 17.8 Å². The minimum atomic E-state index is 0.566. The second kappa shape index (κ2) is 4.65. The molecule has 3 heteroatoms. The lowest BCUT2D eigenvalue weighted by Gasteiger charge is -2.08. The van der Waals surface area contributed by atoms with Gasteiger partial charge in [0, 0.05) is 0 Å². The summed E-state index contributed by atoms with van der Waals surface area (Å²) >= 11 is 3.55. The number of nitrogens with zero attached hydrogens (tertiary/aromatic N) is 2. The van der Waals surface area contributed by atoms with Crippen molar-refractivity contribution < 1.29 is 0 Å². The number of aromatic nitrogens is 2. The van der Waals surface area contributed by atoms with Gasteiger partial charge in [-0.2, -0.15) is 5.10 Å². The van der Waals surface area contributed by atoms with E-state index in [0.717, 1.165) is 21.5 Å². The molecule has 2 rings (SSSR count). The highest BCUT2D eigenvalue weighted by Gasteiger charge is 2.10. The van der Waals surface area contributed by atoms with Gasteiger partial charge in [0.15, 0.2) is 0 Å². The average Bonchev–Trinajstić information content (AvgIpc) is 2.57. The van der Waals surface area contributed by atoms with Gasteiger partial charge in [0.1, 0.15) is 0 Å². The van der Waals surface area contributed by atoms with Crippen LogP contribution in [-0.2, 0) is 0 Å². The zero-order valence-corrected chi connectivity index (χ0v) is 12.2. The van der Waals surface area contributed by atoms with E-state index >= 15 is 0 Å². The van der Waals surface area contributed by atoms with Gasteiger partial charge < -0.3 is 0 Å². The Morgan fingerprint density at radius 2 is 1.71 bits per heavy atom. The first-order chi connectivity index (χ1) is 8.00. The molecule has 1 aromatic carbocycles. The average molecular weight is 293 g/mol. The van der Waals surface area contributed by atoms with E-state index in [0.29, 0.717) is 5.92 Å². The van der Waals surface area contributed by atoms with Crippen molar-refractivity contribution in [2.75, 3.05) is 0 Å². The van der Waals surface area contributed by atoms with Crippen molar-refractivity contribution in [3.63, 3.8) is 0 Å². The molecule has 0 aliphatic rings. The second-order valence-corrected chi connectivity index (χ2v) is 5.44. The maximum Gasteiger partial charge on any atom is 0.0743 e. The Hall–Kier alpha value is -1.09. The molecule has 2 nitrogen and oxygen atoms in total. The molecule has 0 spiro atoms. The fourth-order valence-electron chi connectivity index (χ4n) is 1.88. The second-order valence-electron chi connectivity index (χ2n) is 4.64. The summed E-state index contributed by atoms with van der Waals surface area (Å²) in [4.78, 5) is 0. The van der Waals surface area contributed by atoms with Crippen molar-refractivity contribution in [3.8, 4) is 5.69 Å². The first-order valence-electron chi connectivity index (χ1n) is 5.82. The molecule has 0 aliphatic heterocycles. The molecule has 2 aromatic rings. The molecular weight excluding hydrogens is 276 g/mol. The summed E-state index contributed by atoms with van der Waals surface area (Å²) < 4.78 is 3.06. The molecule has 0 amide bonds. The molecule has 1 aromatic heterocycles. The van der Waals surface area contributed by atoms with Crippen LogP contribution in [0.25, 0.3) is 5.69 Å². The SMILES string of the molecule is Cc1nn(-c2ccc(C(C)C)cc2)c(C)c1Br. The summed E-state index contributed by atoms with van der Waals surface area (Å²) in [5.41, 5.74) is 4.63. The minimum Gasteiger partial charge on any atom is -0.237 e. The number of halogens is 1. The van der Waals surface area contributed by atoms with Crippen LogP contribution in [0, 0.1) is 13.8 Å². The molecule has 0 bridgehead atoms. The number of rotatable bonds is 2. The smallest absolute Gasteiger partial charge is 0.0743 e. The highest BCUT2D eigenvalue weighted by atomic mass is 79.9. The molecule has 0 saturated carbocycles. The highest BCUT2D eigenvalue weighted by molar-refractivity contribution is 9.10. The quantitative estimate of drug-likeness (QED) is 0.803. The van der Waals surface area contributed by atoms with Crippen LogP contribution >= 0.6 is 15.9 Å². The normalized spacial score (nSPS) is 11.2. The van der Waals surface area contributed by atoms with Crippen LogP contribution < -0.4 is 0 Å². The maximum atomic E-state index is 4.52. The van der Waals surface area contributed by atoms with Crippen LogP contribution in [-0.4, -0.2) is 9.78 Å². The molecule has 0 unspecified atom stereocenters. The Morgan fingerprint density at radius 3 is 2.12 bits per heavy atom. The Balaban J connectivity index is 2.43. The lowest BCUT2D eigenvalue weighted by atomic mass is 10.0. The van der Waals surface area contributed by atoms with Gasteiger partial charge in [-0.05, 0) is 53.4 Å². The fraction of sp³-hybridized carbons (Fsp3) is 0.357. The van der Waals surface area contributed by atoms with Crippen LogP contribution in [0.5, 0.6) is 0 Å². The van der Waals surface area contributed by atoms with E-state index in [1.165, 1.54) is 5.56 Å². The summed E-state index contributed by atoms with van der Waals surface area (Å²) in [7, 11) is 0. The maximum absolute atomic E-state index is 4.52. The van der Waals surface area contributed by atoms with Crippen LogP contribution in [0.3, 0.4) is 0 Å². The minimum absolute atomic E-state index is 0.566. The Labute approximate surface area is 111 Å². The third-order valence-electron chi connectivity index (χ3n) is 3.01. The van der Waals surface area contributed by atoms with E-state index in [2.05, 4.69) is 66.1 Å². The van der Waals surface area contributed by atoms with Gasteiger partial charge in [0.05, 0.1) is 21.5 Å². The zero-order valence-electron chi connectivity index (χ0n) is 10.7. The predicted octanol–water partition coefficient (Wildman–Crippen LogP) is 4.38. The summed E-state index contributed by atoms with van der Waals surface area (Å²) in [6, 6.07) is 8.59. The van der Waals surface area contributed by atoms with E-state index in [4.69, 9.17) is 0 Å². The Morgan fingerprint density at radius 1 is 1.12 bits per heavy atom. The van der Waals surface area contributed by atoms with Crippen molar-refractivity contribution in [1.29, 1.82) is 0 Å². The third kappa shape index (κ3) is 2.29. The molecule has 0 aliphatic carbocycles. The third-order valence-corrected chi connectivity index (χ3v) is 4.15. The van der Waals surface area contributed by atoms with Gasteiger partial charge >= 0.3 is 0 Å². The van der Waals surface area contributed by atoms with Crippen LogP contribution in [0.1, 0.15) is 36.7 Å². The number of benzene rings is 1. The zero-order chi connectivity index (χ0) is 12.6. The lowest BCUT2D eigenvalue weighted by Crippen LogP contribution is -1.99. The lowest BCUT2D eigenvalue weighted by molar-refractivity contribution is 0.826. The summed E-state index contributed by atoms with van der Waals surface area (Å²) in [6.45, 7) is 8.49. The molecule has 0 saturated heterocycles. The van der Waals surface area contributed by atoms with E-state index in [9.17, 15) is 0 Å². The molecule has 1 heterocycles. The van der Waals surface area contributed by atoms with Crippen LogP contribution in [0.15, 0.2) is 28.7 Å². The number of hydrogen-bond donors (Lipinski definition) is 0. The van der Waals surface area contributed by atoms with Gasteiger partial charge in [0.2, 0.25) is 0 Å². The summed E-state index contributed by atoms with van der Waals surface area (Å²) in [5.74, 6) is 0.566. The van der Waals surface area contributed by atoms with E-state index < -0.39 is 0 Å². The van der Waals surface area contributed by atoms with E-state index in [-0.39, 0.29) is 0 Å². The molecule has 90 valence electrons. The van der Waals surface area contributed by atoms with Gasteiger partial charge in [-0.1, -0.05) is 26.0 Å². The van der Waals surface area contributed by atoms with Crippen molar-refractivity contribution in [2.24, 2.45) is 0 Å². The Kier molecular flexibility index (Phi) is 3.38. The van der Waals surface area contributed by atoms with Gasteiger partial charge in [0.25, 0.3) is 0 Å². The van der Waals surface area contributed by atoms with Crippen molar-refractivity contribution in [3.05, 3.63) is 45.7 Å². The molecule has 0 atom stereocenters. The number of hydrogen-bond acceptors (Lipinski definition) is 1. The number of aryl methyl sites for hydroxylation is 1. The Bertz CT molecular complexity index is 524. The molecular formula is C14H17BrN2. The highest BCUT2D eigenvalue weighted by Crippen LogP contribution is 2.24. The van der Waals surface area contributed by atoms with Crippen LogP contribution in [0.4, 0.5) is 0 Å². The standard InChI is InChI=1S/C14H17BrN2/c1-9(2)12-5-7-13(8-6-12)17-11(4)14(15)10(3)16-17/h5-9H,1-4H3. The fourth-order valence-corrected chi connectivity index (χ4v) is 2.12. The monoisotopic (exact) mass is 292 g/mol. The van der Waals surface area contributed by atoms with Gasteiger partial charge in [-0.25, -0.2) is 4.68 Å². The predicted molar refractivity (Wildman–Crippen MR) is 74.8 cm³/mol. The van der Waals surface area contributed by atoms with Crippen molar-refractivity contribution >= 4 is 15.9 Å². The van der Waals surface area contributed by atoms with Gasteiger partial charge in [-0.3, -0.25) is 0 Å². The van der Waals surface area contributed by atoms with Crippen LogP contribution in [0.2, 0.25) is 0 Å². The van der Waals surface area contributed by atoms with E-state index in [1.54, 1.807) is 0 Å². The first-order valence-corrected chi connectivity index (χ1v) is 6.62. The summed E-state index contributed by atoms with van der Waals surface area (Å²) in [5, 5.41) is 4.52. The van der Waals surface area contributed by atoms with Gasteiger partial charge in [-0.15, -0.1) is 0 Å².